The molecule has 1 saturated carbocycles. The average Bonchev–Trinajstić information content (AvgIpc) is 2.97. The lowest BCUT2D eigenvalue weighted by Gasteiger charge is -2.27. The minimum absolute atomic E-state index is 0.901. The van der Waals surface area contributed by atoms with Gasteiger partial charge in [0.05, 0.1) is 0 Å². The zero-order chi connectivity index (χ0) is 13.1. The van der Waals surface area contributed by atoms with Gasteiger partial charge in [-0.3, -0.25) is 0 Å². The van der Waals surface area contributed by atoms with Gasteiger partial charge < -0.3 is 4.90 Å². The summed E-state index contributed by atoms with van der Waals surface area (Å²) < 4.78 is 0. The summed E-state index contributed by atoms with van der Waals surface area (Å²) in [5.41, 5.74) is 2.86. The molecular weight excluding hydrogens is 232 g/mol. The van der Waals surface area contributed by atoms with Gasteiger partial charge in [-0.1, -0.05) is 18.9 Å². The first-order valence-electron chi connectivity index (χ1n) is 8.10. The Kier molecular flexibility index (Phi) is 4.05. The molecule has 1 fully saturated rings. The van der Waals surface area contributed by atoms with Gasteiger partial charge in [-0.05, 0) is 63.0 Å². The van der Waals surface area contributed by atoms with E-state index in [2.05, 4.69) is 24.0 Å². The van der Waals surface area contributed by atoms with Gasteiger partial charge >= 0.3 is 0 Å². The Hall–Kier alpha value is -1.05. The highest BCUT2D eigenvalue weighted by Crippen LogP contribution is 2.28. The fraction of sp³-hybridized carbons (Fsp3) is 0.706. The van der Waals surface area contributed by atoms with Crippen molar-refractivity contribution in [3.05, 3.63) is 23.4 Å². The second-order valence-corrected chi connectivity index (χ2v) is 6.17. The molecule has 0 spiro atoms. The van der Waals surface area contributed by atoms with Crippen LogP contribution in [0.2, 0.25) is 0 Å². The molecule has 2 aliphatic carbocycles. The zero-order valence-electron chi connectivity index (χ0n) is 12.2. The molecule has 19 heavy (non-hydrogen) atoms. The molecular formula is C17H26N2. The topological polar surface area (TPSA) is 16.1 Å². The van der Waals surface area contributed by atoms with Crippen LogP contribution in [0.5, 0.6) is 0 Å². The summed E-state index contributed by atoms with van der Waals surface area (Å²) in [5.74, 6) is 2.12. The number of pyridine rings is 1. The molecule has 0 atom stereocenters. The summed E-state index contributed by atoms with van der Waals surface area (Å²) in [6, 6.07) is 4.58. The highest BCUT2D eigenvalue weighted by atomic mass is 15.2. The Morgan fingerprint density at radius 1 is 1.11 bits per heavy atom. The Morgan fingerprint density at radius 3 is 2.68 bits per heavy atom. The Balaban J connectivity index is 1.74. The van der Waals surface area contributed by atoms with E-state index in [1.54, 1.807) is 0 Å². The van der Waals surface area contributed by atoms with Crippen LogP contribution >= 0.6 is 0 Å². The highest BCUT2D eigenvalue weighted by Gasteiger charge is 2.19. The van der Waals surface area contributed by atoms with E-state index in [9.17, 15) is 0 Å². The molecule has 2 aliphatic rings. The molecule has 2 heteroatoms. The van der Waals surface area contributed by atoms with Crippen molar-refractivity contribution in [1.82, 2.24) is 4.98 Å². The molecule has 0 aromatic carbocycles. The SMILES string of the molecule is CCN(CC1CCCC1)c1ccc2c(n1)CCCC2. The number of hydrogen-bond donors (Lipinski definition) is 0. The van der Waals surface area contributed by atoms with Crippen molar-refractivity contribution >= 4 is 5.82 Å². The fourth-order valence-electron chi connectivity index (χ4n) is 3.64. The van der Waals surface area contributed by atoms with Crippen molar-refractivity contribution in [2.45, 2.75) is 58.3 Å². The summed E-state index contributed by atoms with van der Waals surface area (Å²) in [7, 11) is 0. The summed E-state index contributed by atoms with van der Waals surface area (Å²) in [6.07, 6.45) is 10.8. The Morgan fingerprint density at radius 2 is 1.89 bits per heavy atom. The lowest BCUT2D eigenvalue weighted by atomic mass is 9.96. The van der Waals surface area contributed by atoms with Gasteiger partial charge in [0.1, 0.15) is 5.82 Å². The lowest BCUT2D eigenvalue weighted by molar-refractivity contribution is 0.532. The quantitative estimate of drug-likeness (QED) is 0.812. The maximum Gasteiger partial charge on any atom is 0.128 e. The predicted molar refractivity (Wildman–Crippen MR) is 80.7 cm³/mol. The van der Waals surface area contributed by atoms with Crippen LogP contribution in [0.15, 0.2) is 12.1 Å². The Labute approximate surface area is 117 Å². The van der Waals surface area contributed by atoms with Gasteiger partial charge in [0, 0.05) is 18.8 Å². The van der Waals surface area contributed by atoms with Crippen molar-refractivity contribution in [2.75, 3.05) is 18.0 Å². The first-order chi connectivity index (χ1) is 9.36. The maximum atomic E-state index is 4.95. The monoisotopic (exact) mass is 258 g/mol. The van der Waals surface area contributed by atoms with E-state index in [0.29, 0.717) is 0 Å². The van der Waals surface area contributed by atoms with E-state index in [1.807, 2.05) is 0 Å². The molecule has 3 rings (SSSR count). The van der Waals surface area contributed by atoms with Gasteiger partial charge in [0.2, 0.25) is 0 Å². The molecule has 0 radical (unpaired) electrons. The number of anilines is 1. The summed E-state index contributed by atoms with van der Waals surface area (Å²) >= 11 is 0. The fourth-order valence-corrected chi connectivity index (χ4v) is 3.64. The number of fused-ring (bicyclic) bond motifs is 1. The highest BCUT2D eigenvalue weighted by molar-refractivity contribution is 5.42. The first-order valence-corrected chi connectivity index (χ1v) is 8.10. The van der Waals surface area contributed by atoms with Crippen molar-refractivity contribution in [3.63, 3.8) is 0 Å². The van der Waals surface area contributed by atoms with E-state index in [-0.39, 0.29) is 0 Å². The summed E-state index contributed by atoms with van der Waals surface area (Å²) in [4.78, 5) is 7.44. The van der Waals surface area contributed by atoms with Crippen LogP contribution in [-0.4, -0.2) is 18.1 Å². The van der Waals surface area contributed by atoms with E-state index in [0.717, 1.165) is 12.5 Å². The first kappa shape index (κ1) is 13.0. The van der Waals surface area contributed by atoms with Crippen molar-refractivity contribution in [2.24, 2.45) is 5.92 Å². The molecule has 0 bridgehead atoms. The number of aryl methyl sites for hydroxylation is 2. The molecule has 1 aromatic rings. The third kappa shape index (κ3) is 2.93. The number of aromatic nitrogens is 1. The molecule has 0 saturated heterocycles. The molecule has 2 nitrogen and oxygen atoms in total. The normalized spacial score (nSPS) is 19.4. The average molecular weight is 258 g/mol. The number of hydrogen-bond acceptors (Lipinski definition) is 2. The van der Waals surface area contributed by atoms with Crippen LogP contribution in [0.4, 0.5) is 5.82 Å². The molecule has 0 unspecified atom stereocenters. The van der Waals surface area contributed by atoms with Crippen LogP contribution in [0.3, 0.4) is 0 Å². The van der Waals surface area contributed by atoms with Gasteiger partial charge in [-0.15, -0.1) is 0 Å². The van der Waals surface area contributed by atoms with Crippen molar-refractivity contribution < 1.29 is 0 Å². The third-order valence-electron chi connectivity index (χ3n) is 4.82. The molecule has 0 amide bonds. The van der Waals surface area contributed by atoms with Gasteiger partial charge in [-0.25, -0.2) is 4.98 Å². The van der Waals surface area contributed by atoms with Crippen LogP contribution in [0.25, 0.3) is 0 Å². The van der Waals surface area contributed by atoms with Crippen molar-refractivity contribution in [1.29, 1.82) is 0 Å². The van der Waals surface area contributed by atoms with Crippen LogP contribution in [0.1, 0.15) is 56.7 Å². The zero-order valence-corrected chi connectivity index (χ0v) is 12.2. The maximum absolute atomic E-state index is 4.95. The standard InChI is InChI=1S/C17H26N2/c1-2-19(13-14-7-3-4-8-14)17-12-11-15-9-5-6-10-16(15)18-17/h11-12,14H,2-10,13H2,1H3. The largest absolute Gasteiger partial charge is 0.357 e. The molecule has 0 aliphatic heterocycles. The second kappa shape index (κ2) is 5.94. The minimum Gasteiger partial charge on any atom is -0.357 e. The predicted octanol–water partition coefficient (Wildman–Crippen LogP) is 3.98. The molecule has 1 aromatic heterocycles. The van der Waals surface area contributed by atoms with Gasteiger partial charge in [0.15, 0.2) is 0 Å². The van der Waals surface area contributed by atoms with Crippen LogP contribution < -0.4 is 4.90 Å². The van der Waals surface area contributed by atoms with E-state index < -0.39 is 0 Å². The second-order valence-electron chi connectivity index (χ2n) is 6.17. The van der Waals surface area contributed by atoms with E-state index >= 15 is 0 Å². The molecule has 104 valence electrons. The summed E-state index contributed by atoms with van der Waals surface area (Å²) in [5, 5.41) is 0. The molecule has 1 heterocycles. The number of rotatable bonds is 4. The van der Waals surface area contributed by atoms with Crippen LogP contribution in [0, 0.1) is 5.92 Å². The minimum atomic E-state index is 0.901. The van der Waals surface area contributed by atoms with Crippen molar-refractivity contribution in [3.8, 4) is 0 Å². The van der Waals surface area contributed by atoms with Gasteiger partial charge in [0.25, 0.3) is 0 Å². The smallest absolute Gasteiger partial charge is 0.128 e. The number of nitrogens with zero attached hydrogens (tertiary/aromatic N) is 2. The van der Waals surface area contributed by atoms with E-state index in [1.165, 1.54) is 75.0 Å². The Bertz CT molecular complexity index is 421. The third-order valence-corrected chi connectivity index (χ3v) is 4.82. The van der Waals surface area contributed by atoms with E-state index in [4.69, 9.17) is 4.98 Å². The van der Waals surface area contributed by atoms with Crippen LogP contribution in [-0.2, 0) is 12.8 Å². The molecule has 0 N–H and O–H groups in total. The van der Waals surface area contributed by atoms with Gasteiger partial charge in [-0.2, -0.15) is 0 Å². The lowest BCUT2D eigenvalue weighted by Crippen LogP contribution is -2.29. The summed E-state index contributed by atoms with van der Waals surface area (Å²) in [6.45, 7) is 4.56.